The van der Waals surface area contributed by atoms with E-state index >= 15 is 0 Å². The molecule has 2 rings (SSSR count). The molecule has 2 fully saturated rings. The molecule has 0 aromatic rings. The van der Waals surface area contributed by atoms with Crippen LogP contribution in [0.3, 0.4) is 0 Å². The highest BCUT2D eigenvalue weighted by molar-refractivity contribution is 4.84. The Kier molecular flexibility index (Phi) is 3.79. The summed E-state index contributed by atoms with van der Waals surface area (Å²) < 4.78 is 0. The van der Waals surface area contributed by atoms with Crippen molar-refractivity contribution in [2.24, 2.45) is 17.6 Å². The van der Waals surface area contributed by atoms with E-state index in [4.69, 9.17) is 5.73 Å². The van der Waals surface area contributed by atoms with E-state index in [1.54, 1.807) is 0 Å². The summed E-state index contributed by atoms with van der Waals surface area (Å²) >= 11 is 0. The van der Waals surface area contributed by atoms with E-state index < -0.39 is 0 Å². The van der Waals surface area contributed by atoms with Crippen molar-refractivity contribution in [2.75, 3.05) is 26.2 Å². The molecule has 3 heteroatoms. The van der Waals surface area contributed by atoms with Crippen LogP contribution in [0.4, 0.5) is 0 Å². The van der Waals surface area contributed by atoms with E-state index in [-0.39, 0.29) is 0 Å². The van der Waals surface area contributed by atoms with Crippen LogP contribution in [0.25, 0.3) is 0 Å². The summed E-state index contributed by atoms with van der Waals surface area (Å²) in [6.07, 6.45) is 5.42. The summed E-state index contributed by atoms with van der Waals surface area (Å²) in [7, 11) is 0. The molecule has 4 N–H and O–H groups in total. The van der Waals surface area contributed by atoms with Crippen LogP contribution < -0.4 is 16.4 Å². The largest absolute Gasteiger partial charge is 0.329 e. The topological polar surface area (TPSA) is 50.1 Å². The number of piperidine rings is 2. The zero-order valence-corrected chi connectivity index (χ0v) is 8.97. The standard InChI is InChI=1S/C11H23N3/c12-7-11-2-1-10(8-14-11)9-3-5-13-6-4-9/h9-11,13-14H,1-8,12H2. The third kappa shape index (κ3) is 2.47. The Bertz CT molecular complexity index is 158. The Labute approximate surface area is 86.8 Å². The molecule has 14 heavy (non-hydrogen) atoms. The number of hydrogen-bond donors (Lipinski definition) is 3. The van der Waals surface area contributed by atoms with Crippen LogP contribution >= 0.6 is 0 Å². The van der Waals surface area contributed by atoms with Crippen molar-refractivity contribution in [1.82, 2.24) is 10.6 Å². The molecular formula is C11H23N3. The molecule has 2 aliphatic rings. The number of nitrogens with one attached hydrogen (secondary N) is 2. The molecule has 3 nitrogen and oxygen atoms in total. The lowest BCUT2D eigenvalue weighted by Gasteiger charge is -2.36. The quantitative estimate of drug-likeness (QED) is 0.597. The third-order valence-electron chi connectivity index (χ3n) is 3.89. The Morgan fingerprint density at radius 1 is 1.00 bits per heavy atom. The van der Waals surface area contributed by atoms with Crippen molar-refractivity contribution in [1.29, 1.82) is 0 Å². The second-order valence-corrected chi connectivity index (χ2v) is 4.77. The zero-order chi connectivity index (χ0) is 9.80. The molecule has 0 aromatic carbocycles. The van der Waals surface area contributed by atoms with Crippen LogP contribution in [0, 0.1) is 11.8 Å². The van der Waals surface area contributed by atoms with Gasteiger partial charge in [0.05, 0.1) is 0 Å². The lowest BCUT2D eigenvalue weighted by molar-refractivity contribution is 0.195. The minimum atomic E-state index is 0.591. The first-order valence-electron chi connectivity index (χ1n) is 6.04. The van der Waals surface area contributed by atoms with Crippen LogP contribution in [0.15, 0.2) is 0 Å². The van der Waals surface area contributed by atoms with Crippen LogP contribution in [0.5, 0.6) is 0 Å². The fraction of sp³-hybridized carbons (Fsp3) is 1.00. The highest BCUT2D eigenvalue weighted by Gasteiger charge is 2.27. The van der Waals surface area contributed by atoms with Crippen molar-refractivity contribution in [3.63, 3.8) is 0 Å². The number of rotatable bonds is 2. The van der Waals surface area contributed by atoms with Gasteiger partial charge in [0.15, 0.2) is 0 Å². The van der Waals surface area contributed by atoms with Crippen LogP contribution in [-0.2, 0) is 0 Å². The van der Waals surface area contributed by atoms with Crippen LogP contribution in [0.1, 0.15) is 25.7 Å². The second kappa shape index (κ2) is 5.10. The maximum atomic E-state index is 5.65. The van der Waals surface area contributed by atoms with E-state index in [1.807, 2.05) is 0 Å². The summed E-state index contributed by atoms with van der Waals surface area (Å²) in [5.74, 6) is 1.88. The Hall–Kier alpha value is -0.120. The molecule has 0 aliphatic carbocycles. The molecular weight excluding hydrogens is 174 g/mol. The van der Waals surface area contributed by atoms with Gasteiger partial charge in [-0.05, 0) is 57.2 Å². The zero-order valence-electron chi connectivity index (χ0n) is 8.97. The molecule has 2 heterocycles. The molecule has 0 radical (unpaired) electrons. The third-order valence-corrected chi connectivity index (χ3v) is 3.89. The van der Waals surface area contributed by atoms with Gasteiger partial charge in [0, 0.05) is 12.6 Å². The van der Waals surface area contributed by atoms with Crippen LogP contribution in [0.2, 0.25) is 0 Å². The van der Waals surface area contributed by atoms with Gasteiger partial charge in [-0.2, -0.15) is 0 Å². The lowest BCUT2D eigenvalue weighted by Crippen LogP contribution is -2.46. The van der Waals surface area contributed by atoms with Gasteiger partial charge in [0.1, 0.15) is 0 Å². The highest BCUT2D eigenvalue weighted by Crippen LogP contribution is 2.28. The van der Waals surface area contributed by atoms with Gasteiger partial charge in [0.2, 0.25) is 0 Å². The van der Waals surface area contributed by atoms with Gasteiger partial charge in [-0.1, -0.05) is 0 Å². The van der Waals surface area contributed by atoms with Gasteiger partial charge >= 0.3 is 0 Å². The maximum Gasteiger partial charge on any atom is 0.0190 e. The summed E-state index contributed by atoms with van der Waals surface area (Å²) in [4.78, 5) is 0. The SMILES string of the molecule is NCC1CCC(C2CCNCC2)CN1. The average Bonchev–Trinajstić information content (AvgIpc) is 2.30. The fourth-order valence-electron chi connectivity index (χ4n) is 2.86. The summed E-state index contributed by atoms with van der Waals surface area (Å²) in [6.45, 7) is 4.45. The van der Waals surface area contributed by atoms with Crippen molar-refractivity contribution < 1.29 is 0 Å². The molecule has 2 atom stereocenters. The van der Waals surface area contributed by atoms with Gasteiger partial charge in [0.25, 0.3) is 0 Å². The Morgan fingerprint density at radius 2 is 1.79 bits per heavy atom. The second-order valence-electron chi connectivity index (χ2n) is 4.77. The first kappa shape index (κ1) is 10.4. The highest BCUT2D eigenvalue weighted by atomic mass is 15.0. The summed E-state index contributed by atoms with van der Waals surface area (Å²) in [5, 5.41) is 7.00. The van der Waals surface area contributed by atoms with E-state index in [0.717, 1.165) is 18.4 Å². The molecule has 0 saturated carbocycles. The average molecular weight is 197 g/mol. The Balaban J connectivity index is 1.76. The van der Waals surface area contributed by atoms with Crippen molar-refractivity contribution in [3.8, 4) is 0 Å². The predicted molar refractivity (Wildman–Crippen MR) is 59.2 cm³/mol. The van der Waals surface area contributed by atoms with E-state index in [9.17, 15) is 0 Å². The summed E-state index contributed by atoms with van der Waals surface area (Å²) in [6, 6.07) is 0.591. The molecule has 82 valence electrons. The van der Waals surface area contributed by atoms with Crippen molar-refractivity contribution in [3.05, 3.63) is 0 Å². The van der Waals surface area contributed by atoms with Crippen LogP contribution in [-0.4, -0.2) is 32.2 Å². The normalized spacial score (nSPS) is 35.8. The minimum absolute atomic E-state index is 0.591. The summed E-state index contributed by atoms with van der Waals surface area (Å²) in [5.41, 5.74) is 5.65. The molecule has 0 aromatic heterocycles. The van der Waals surface area contributed by atoms with Gasteiger partial charge in [-0.25, -0.2) is 0 Å². The van der Waals surface area contributed by atoms with Crippen molar-refractivity contribution >= 4 is 0 Å². The number of nitrogens with two attached hydrogens (primary N) is 1. The molecule has 2 aliphatic heterocycles. The lowest BCUT2D eigenvalue weighted by atomic mass is 9.79. The van der Waals surface area contributed by atoms with Gasteiger partial charge in [-0.3, -0.25) is 0 Å². The number of hydrogen-bond acceptors (Lipinski definition) is 3. The van der Waals surface area contributed by atoms with E-state index in [1.165, 1.54) is 45.3 Å². The first-order chi connectivity index (χ1) is 6.90. The first-order valence-corrected chi connectivity index (χ1v) is 6.04. The Morgan fingerprint density at radius 3 is 2.36 bits per heavy atom. The van der Waals surface area contributed by atoms with E-state index in [2.05, 4.69) is 10.6 Å². The smallest absolute Gasteiger partial charge is 0.0190 e. The predicted octanol–water partition coefficient (Wildman–Crippen LogP) is 0.313. The molecule has 0 amide bonds. The maximum absolute atomic E-state index is 5.65. The molecule has 2 saturated heterocycles. The van der Waals surface area contributed by atoms with Gasteiger partial charge in [-0.15, -0.1) is 0 Å². The fourth-order valence-corrected chi connectivity index (χ4v) is 2.86. The minimum Gasteiger partial charge on any atom is -0.329 e. The monoisotopic (exact) mass is 197 g/mol. The molecule has 0 spiro atoms. The molecule has 2 unspecified atom stereocenters. The molecule has 0 bridgehead atoms. The van der Waals surface area contributed by atoms with Gasteiger partial charge < -0.3 is 16.4 Å². The van der Waals surface area contributed by atoms with E-state index in [0.29, 0.717) is 6.04 Å². The van der Waals surface area contributed by atoms with Crippen molar-refractivity contribution in [2.45, 2.75) is 31.7 Å².